The van der Waals surface area contributed by atoms with Gasteiger partial charge in [0, 0.05) is 0 Å². The zero-order valence-corrected chi connectivity index (χ0v) is 9.46. The molecule has 2 amide bonds. The molecule has 0 fully saturated rings. The number of nitrogens with one attached hydrogen (secondary N) is 1. The number of aryl methyl sites for hydroxylation is 2. The third kappa shape index (κ3) is 2.50. The summed E-state index contributed by atoms with van der Waals surface area (Å²) in [4.78, 5) is 21.8. The summed E-state index contributed by atoms with van der Waals surface area (Å²) in [6.45, 7) is 3.73. The maximum atomic E-state index is 11.2. The van der Waals surface area contributed by atoms with E-state index in [4.69, 9.17) is 10.5 Å². The molecule has 0 aliphatic heterocycles. The average Bonchev–Trinajstić information content (AvgIpc) is 2.16. The van der Waals surface area contributed by atoms with Crippen molar-refractivity contribution in [3.8, 4) is 5.75 Å². The zero-order valence-electron chi connectivity index (χ0n) is 9.46. The van der Waals surface area contributed by atoms with Crippen LogP contribution in [0.5, 0.6) is 5.75 Å². The SMILES string of the molecule is COc1c(C)cc(C)cc1NC(=O)C(N)=O. The van der Waals surface area contributed by atoms with E-state index in [-0.39, 0.29) is 0 Å². The van der Waals surface area contributed by atoms with Gasteiger partial charge in [-0.05, 0) is 31.0 Å². The Morgan fingerprint density at radius 3 is 2.44 bits per heavy atom. The van der Waals surface area contributed by atoms with Crippen molar-refractivity contribution in [1.82, 2.24) is 0 Å². The molecule has 0 aromatic heterocycles. The normalized spacial score (nSPS) is 9.69. The van der Waals surface area contributed by atoms with Crippen LogP contribution in [0, 0.1) is 13.8 Å². The Morgan fingerprint density at radius 2 is 1.94 bits per heavy atom. The molecule has 0 unspecified atom stereocenters. The van der Waals surface area contributed by atoms with Crippen molar-refractivity contribution in [2.24, 2.45) is 5.73 Å². The lowest BCUT2D eigenvalue weighted by Crippen LogP contribution is -2.29. The van der Waals surface area contributed by atoms with Gasteiger partial charge in [-0.1, -0.05) is 6.07 Å². The molecule has 0 heterocycles. The Bertz CT molecular complexity index is 441. The van der Waals surface area contributed by atoms with Gasteiger partial charge in [-0.3, -0.25) is 9.59 Å². The van der Waals surface area contributed by atoms with E-state index in [9.17, 15) is 9.59 Å². The lowest BCUT2D eigenvalue weighted by atomic mass is 10.1. The predicted octanol–water partition coefficient (Wildman–Crippen LogP) is 0.736. The summed E-state index contributed by atoms with van der Waals surface area (Å²) >= 11 is 0. The molecule has 0 aliphatic carbocycles. The number of hydrogen-bond acceptors (Lipinski definition) is 3. The Hall–Kier alpha value is -2.04. The number of rotatable bonds is 2. The summed E-state index contributed by atoms with van der Waals surface area (Å²) in [6, 6.07) is 3.63. The van der Waals surface area contributed by atoms with Gasteiger partial charge in [-0.25, -0.2) is 0 Å². The number of carbonyl (C=O) groups is 2. The fraction of sp³-hybridized carbons (Fsp3) is 0.273. The van der Waals surface area contributed by atoms with Crippen LogP contribution in [0.25, 0.3) is 0 Å². The van der Waals surface area contributed by atoms with Crippen molar-refractivity contribution in [2.75, 3.05) is 12.4 Å². The van der Waals surface area contributed by atoms with Gasteiger partial charge in [-0.15, -0.1) is 0 Å². The number of methoxy groups -OCH3 is 1. The minimum absolute atomic E-state index is 0.448. The minimum atomic E-state index is -1.03. The number of amides is 2. The summed E-state index contributed by atoms with van der Waals surface area (Å²) in [5.41, 5.74) is 7.14. The fourth-order valence-electron chi connectivity index (χ4n) is 1.50. The molecule has 0 aliphatic rings. The first-order chi connectivity index (χ1) is 7.45. The molecule has 0 spiro atoms. The van der Waals surface area contributed by atoms with Crippen LogP contribution in [-0.2, 0) is 9.59 Å². The Balaban J connectivity index is 3.12. The van der Waals surface area contributed by atoms with Gasteiger partial charge < -0.3 is 15.8 Å². The predicted molar refractivity (Wildman–Crippen MR) is 60.3 cm³/mol. The van der Waals surface area contributed by atoms with Gasteiger partial charge in [0.2, 0.25) is 0 Å². The second-order valence-corrected chi connectivity index (χ2v) is 3.48. The second-order valence-electron chi connectivity index (χ2n) is 3.48. The Kier molecular flexibility index (Phi) is 3.50. The van der Waals surface area contributed by atoms with Crippen molar-refractivity contribution in [1.29, 1.82) is 0 Å². The van der Waals surface area contributed by atoms with E-state index in [2.05, 4.69) is 5.32 Å². The number of carbonyl (C=O) groups excluding carboxylic acids is 2. The molecular formula is C11H14N2O3. The van der Waals surface area contributed by atoms with E-state index in [1.807, 2.05) is 19.9 Å². The standard InChI is InChI=1S/C11H14N2O3/c1-6-4-7(2)9(16-3)8(5-6)13-11(15)10(12)14/h4-5H,1-3H3,(H2,12,14)(H,13,15). The maximum absolute atomic E-state index is 11.2. The second kappa shape index (κ2) is 4.65. The third-order valence-corrected chi connectivity index (χ3v) is 2.10. The Labute approximate surface area is 93.6 Å². The number of anilines is 1. The summed E-state index contributed by atoms with van der Waals surface area (Å²) in [5.74, 6) is -1.36. The first-order valence-corrected chi connectivity index (χ1v) is 4.71. The molecule has 5 heteroatoms. The molecule has 1 aromatic carbocycles. The number of ether oxygens (including phenoxy) is 1. The van der Waals surface area contributed by atoms with Crippen LogP contribution >= 0.6 is 0 Å². The van der Waals surface area contributed by atoms with Crippen LogP contribution in [0.1, 0.15) is 11.1 Å². The van der Waals surface area contributed by atoms with E-state index < -0.39 is 11.8 Å². The van der Waals surface area contributed by atoms with Crippen molar-refractivity contribution < 1.29 is 14.3 Å². The van der Waals surface area contributed by atoms with Gasteiger partial charge >= 0.3 is 11.8 Å². The highest BCUT2D eigenvalue weighted by Crippen LogP contribution is 2.29. The molecule has 1 aromatic rings. The highest BCUT2D eigenvalue weighted by atomic mass is 16.5. The monoisotopic (exact) mass is 222 g/mol. The number of primary amides is 1. The summed E-state index contributed by atoms with van der Waals surface area (Å²) in [7, 11) is 1.50. The smallest absolute Gasteiger partial charge is 0.313 e. The van der Waals surface area contributed by atoms with Crippen LogP contribution < -0.4 is 15.8 Å². The van der Waals surface area contributed by atoms with Crippen LogP contribution in [0.15, 0.2) is 12.1 Å². The van der Waals surface area contributed by atoms with Crippen LogP contribution in [0.4, 0.5) is 5.69 Å². The molecule has 0 atom stereocenters. The van der Waals surface area contributed by atoms with Crippen LogP contribution in [0.2, 0.25) is 0 Å². The molecule has 5 nitrogen and oxygen atoms in total. The lowest BCUT2D eigenvalue weighted by molar-refractivity contribution is -0.134. The molecule has 0 saturated heterocycles. The van der Waals surface area contributed by atoms with E-state index in [1.165, 1.54) is 7.11 Å². The molecule has 0 radical (unpaired) electrons. The van der Waals surface area contributed by atoms with Gasteiger partial charge in [-0.2, -0.15) is 0 Å². The zero-order chi connectivity index (χ0) is 12.3. The van der Waals surface area contributed by atoms with Gasteiger partial charge in [0.1, 0.15) is 5.75 Å². The molecule has 86 valence electrons. The molecule has 0 bridgehead atoms. The molecule has 16 heavy (non-hydrogen) atoms. The summed E-state index contributed by atoms with van der Waals surface area (Å²) in [5, 5.41) is 2.40. The summed E-state index contributed by atoms with van der Waals surface area (Å²) < 4.78 is 5.14. The van der Waals surface area contributed by atoms with Crippen molar-refractivity contribution in [3.05, 3.63) is 23.3 Å². The topological polar surface area (TPSA) is 81.4 Å². The molecule has 3 N–H and O–H groups in total. The first-order valence-electron chi connectivity index (χ1n) is 4.71. The van der Waals surface area contributed by atoms with E-state index >= 15 is 0 Å². The first kappa shape index (κ1) is 12.0. The number of hydrogen-bond donors (Lipinski definition) is 2. The lowest BCUT2D eigenvalue weighted by Gasteiger charge is -2.12. The van der Waals surface area contributed by atoms with Crippen molar-refractivity contribution in [3.63, 3.8) is 0 Å². The van der Waals surface area contributed by atoms with Gasteiger partial charge in [0.15, 0.2) is 0 Å². The molecule has 0 saturated carbocycles. The van der Waals surface area contributed by atoms with E-state index in [0.29, 0.717) is 11.4 Å². The minimum Gasteiger partial charge on any atom is -0.494 e. The maximum Gasteiger partial charge on any atom is 0.313 e. The largest absolute Gasteiger partial charge is 0.494 e. The van der Waals surface area contributed by atoms with Crippen molar-refractivity contribution >= 4 is 17.5 Å². The third-order valence-electron chi connectivity index (χ3n) is 2.10. The van der Waals surface area contributed by atoms with Crippen LogP contribution in [-0.4, -0.2) is 18.9 Å². The van der Waals surface area contributed by atoms with Gasteiger partial charge in [0.25, 0.3) is 0 Å². The molecule has 1 rings (SSSR count). The fourth-order valence-corrected chi connectivity index (χ4v) is 1.50. The average molecular weight is 222 g/mol. The number of nitrogens with two attached hydrogens (primary N) is 1. The van der Waals surface area contributed by atoms with Crippen molar-refractivity contribution in [2.45, 2.75) is 13.8 Å². The van der Waals surface area contributed by atoms with E-state index in [1.54, 1.807) is 6.07 Å². The highest BCUT2D eigenvalue weighted by Gasteiger charge is 2.13. The quantitative estimate of drug-likeness (QED) is 0.724. The van der Waals surface area contributed by atoms with Gasteiger partial charge in [0.05, 0.1) is 12.8 Å². The summed E-state index contributed by atoms with van der Waals surface area (Å²) in [6.07, 6.45) is 0. The Morgan fingerprint density at radius 1 is 1.31 bits per heavy atom. The highest BCUT2D eigenvalue weighted by molar-refractivity contribution is 6.39. The molecular weight excluding hydrogens is 208 g/mol. The van der Waals surface area contributed by atoms with Crippen LogP contribution in [0.3, 0.4) is 0 Å². The number of benzene rings is 1. The van der Waals surface area contributed by atoms with E-state index in [0.717, 1.165) is 11.1 Å².